The molecule has 36 heavy (non-hydrogen) atoms. The molecule has 0 amide bonds. The number of benzene rings is 1. The highest BCUT2D eigenvalue weighted by atomic mass is 32.1. The van der Waals surface area contributed by atoms with Crippen LogP contribution in [0.4, 0.5) is 0 Å². The smallest absolute Gasteiger partial charge is 0.151 e. The molecule has 1 aromatic carbocycles. The molecule has 4 nitrogen and oxygen atoms in total. The van der Waals surface area contributed by atoms with Crippen LogP contribution in [0.3, 0.4) is 0 Å². The van der Waals surface area contributed by atoms with Crippen molar-refractivity contribution in [2.75, 3.05) is 13.2 Å². The van der Waals surface area contributed by atoms with Crippen LogP contribution in [-0.2, 0) is 0 Å². The summed E-state index contributed by atoms with van der Waals surface area (Å²) in [5.74, 6) is 3.89. The summed E-state index contributed by atoms with van der Waals surface area (Å²) >= 11 is 3.55. The molecule has 0 aliphatic rings. The van der Waals surface area contributed by atoms with Crippen LogP contribution >= 0.6 is 39.1 Å². The molecule has 4 aromatic heterocycles. The van der Waals surface area contributed by atoms with Crippen molar-refractivity contribution in [2.45, 2.75) is 65.2 Å². The number of unbranched alkanes of at least 4 members (excludes halogenated alkanes) is 6. The SMILES string of the molecule is CCCCCCOc1c2pc(-c3ccco3)sc2c(OCCCCCC)c2pc(-c3ccco3)sc12. The number of furan rings is 2. The molecule has 5 aromatic rings. The van der Waals surface area contributed by atoms with Crippen molar-refractivity contribution < 1.29 is 18.3 Å². The van der Waals surface area contributed by atoms with E-state index < -0.39 is 0 Å². The zero-order valence-corrected chi connectivity index (χ0v) is 24.3. The Labute approximate surface area is 223 Å². The highest BCUT2D eigenvalue weighted by molar-refractivity contribution is 7.56. The molecular weight excluding hydrogens is 526 g/mol. The normalized spacial score (nSPS) is 12.1. The third-order valence-electron chi connectivity index (χ3n) is 6.05. The van der Waals surface area contributed by atoms with Crippen molar-refractivity contribution in [3.63, 3.8) is 0 Å². The molecule has 0 spiro atoms. The van der Waals surface area contributed by atoms with Crippen molar-refractivity contribution in [3.05, 3.63) is 36.8 Å². The molecule has 8 heteroatoms. The minimum absolute atomic E-state index is 0.736. The summed E-state index contributed by atoms with van der Waals surface area (Å²) in [5, 5.41) is 2.43. The second kappa shape index (κ2) is 12.6. The lowest BCUT2D eigenvalue weighted by molar-refractivity contribution is 0.308. The molecule has 4 heterocycles. The highest BCUT2D eigenvalue weighted by Gasteiger charge is 2.24. The number of hydrogen-bond acceptors (Lipinski definition) is 6. The molecule has 0 saturated carbocycles. The molecule has 0 fully saturated rings. The van der Waals surface area contributed by atoms with Gasteiger partial charge in [0, 0.05) is 0 Å². The first-order valence-electron chi connectivity index (χ1n) is 12.9. The maximum absolute atomic E-state index is 6.59. The van der Waals surface area contributed by atoms with E-state index in [1.54, 1.807) is 35.2 Å². The van der Waals surface area contributed by atoms with Gasteiger partial charge in [0.05, 0.1) is 54.6 Å². The Hall–Kier alpha value is -1.84. The van der Waals surface area contributed by atoms with E-state index in [4.69, 9.17) is 18.3 Å². The van der Waals surface area contributed by atoms with Gasteiger partial charge < -0.3 is 18.3 Å². The zero-order chi connectivity index (χ0) is 24.7. The Morgan fingerprint density at radius 1 is 0.667 bits per heavy atom. The van der Waals surface area contributed by atoms with Crippen LogP contribution in [0.15, 0.2) is 45.6 Å². The fraction of sp³-hybridized carbons (Fsp3) is 0.429. The third kappa shape index (κ3) is 5.68. The second-order valence-electron chi connectivity index (χ2n) is 8.82. The molecule has 190 valence electrons. The van der Waals surface area contributed by atoms with Crippen LogP contribution in [0.1, 0.15) is 65.2 Å². The average Bonchev–Trinajstić information content (AvgIpc) is 3.69. The molecule has 0 saturated heterocycles. The Morgan fingerprint density at radius 2 is 1.14 bits per heavy atom. The quantitative estimate of drug-likeness (QED) is 0.127. The van der Waals surface area contributed by atoms with E-state index in [1.807, 2.05) is 24.3 Å². The number of ether oxygens (including phenoxy) is 2. The van der Waals surface area contributed by atoms with Crippen molar-refractivity contribution in [1.82, 2.24) is 0 Å². The summed E-state index contributed by atoms with van der Waals surface area (Å²) in [7, 11) is 2.24. The summed E-state index contributed by atoms with van der Waals surface area (Å²) in [6.45, 7) is 5.95. The number of fused-ring (bicyclic) bond motifs is 2. The van der Waals surface area contributed by atoms with Gasteiger partial charge in [-0.1, -0.05) is 52.4 Å². The second-order valence-corrected chi connectivity index (χ2v) is 13.7. The van der Waals surface area contributed by atoms with Gasteiger partial charge in [-0.05, 0) is 53.5 Å². The van der Waals surface area contributed by atoms with Crippen LogP contribution in [-0.4, -0.2) is 13.2 Å². The Balaban J connectivity index is 1.60. The number of rotatable bonds is 14. The first-order valence-corrected chi connectivity index (χ1v) is 16.3. The van der Waals surface area contributed by atoms with Crippen molar-refractivity contribution >= 4 is 58.7 Å². The first-order chi connectivity index (χ1) is 17.8. The lowest BCUT2D eigenvalue weighted by atomic mass is 10.2. The summed E-state index contributed by atoms with van der Waals surface area (Å²) < 4.78 is 29.5. The molecule has 0 aliphatic heterocycles. The van der Waals surface area contributed by atoms with Gasteiger partial charge in [-0.15, -0.1) is 22.7 Å². The van der Waals surface area contributed by atoms with Gasteiger partial charge in [0.2, 0.25) is 0 Å². The van der Waals surface area contributed by atoms with Gasteiger partial charge in [-0.25, -0.2) is 0 Å². The maximum atomic E-state index is 6.59. The van der Waals surface area contributed by atoms with Crippen molar-refractivity contribution in [1.29, 1.82) is 0 Å². The van der Waals surface area contributed by atoms with Crippen LogP contribution < -0.4 is 9.47 Å². The Bertz CT molecular complexity index is 1210. The van der Waals surface area contributed by atoms with Gasteiger partial charge in [0.15, 0.2) is 11.5 Å². The maximum Gasteiger partial charge on any atom is 0.151 e. The van der Waals surface area contributed by atoms with Crippen molar-refractivity contribution in [3.8, 4) is 32.2 Å². The standard InChI is InChI=1S/C28H32O4P2S2/c1-3-5-7-9-15-31-21-23-26(36-27(33-23)19-13-11-17-29-19)22(32-16-10-8-6-4-2)24-25(21)35-28(34-24)20-14-12-18-30-20/h11-14,17-18H,3-10,15-16H2,1-2H3. The van der Waals surface area contributed by atoms with Gasteiger partial charge in [-0.2, -0.15) is 0 Å². The fourth-order valence-electron chi connectivity index (χ4n) is 4.16. The topological polar surface area (TPSA) is 44.7 Å². The summed E-state index contributed by atoms with van der Waals surface area (Å²) in [5.41, 5.74) is 0. The Morgan fingerprint density at radius 3 is 1.53 bits per heavy atom. The number of hydrogen-bond donors (Lipinski definition) is 0. The molecule has 0 N–H and O–H groups in total. The van der Waals surface area contributed by atoms with Crippen LogP contribution in [0, 0.1) is 0 Å². The van der Waals surface area contributed by atoms with Gasteiger partial charge in [0.1, 0.15) is 11.5 Å². The van der Waals surface area contributed by atoms with Crippen LogP contribution in [0.5, 0.6) is 11.5 Å². The predicted octanol–water partition coefficient (Wildman–Crippen LogP) is 11.7. The predicted molar refractivity (Wildman–Crippen MR) is 157 cm³/mol. The lowest BCUT2D eigenvalue weighted by Crippen LogP contribution is -2.00. The van der Waals surface area contributed by atoms with E-state index in [0.29, 0.717) is 0 Å². The summed E-state index contributed by atoms with van der Waals surface area (Å²) in [6.07, 6.45) is 13.0. The summed E-state index contributed by atoms with van der Waals surface area (Å²) in [4.78, 5) is 0. The van der Waals surface area contributed by atoms with E-state index in [9.17, 15) is 0 Å². The summed E-state index contributed by atoms with van der Waals surface area (Å²) in [6, 6.07) is 8.00. The molecule has 0 aliphatic carbocycles. The van der Waals surface area contributed by atoms with Crippen LogP contribution in [0.2, 0.25) is 0 Å². The largest absolute Gasteiger partial charge is 0.491 e. The van der Waals surface area contributed by atoms with Gasteiger partial charge in [-0.3, -0.25) is 0 Å². The van der Waals surface area contributed by atoms with Gasteiger partial charge >= 0.3 is 0 Å². The Kier molecular flexibility index (Phi) is 9.03. The van der Waals surface area contributed by atoms with Gasteiger partial charge in [0.25, 0.3) is 0 Å². The monoisotopic (exact) mass is 558 g/mol. The van der Waals surface area contributed by atoms with E-state index in [0.717, 1.165) is 65.5 Å². The average molecular weight is 559 g/mol. The highest BCUT2D eigenvalue weighted by Crippen LogP contribution is 2.59. The molecular formula is C28H32O4P2S2. The molecule has 0 unspecified atom stereocenters. The fourth-order valence-corrected chi connectivity index (χ4v) is 9.87. The van der Waals surface area contributed by atoms with Crippen molar-refractivity contribution in [2.24, 2.45) is 0 Å². The van der Waals surface area contributed by atoms with Crippen LogP contribution in [0.25, 0.3) is 40.4 Å². The third-order valence-corrected chi connectivity index (χ3v) is 11.6. The molecule has 5 rings (SSSR count). The first kappa shape index (κ1) is 25.8. The minimum Gasteiger partial charge on any atom is -0.491 e. The minimum atomic E-state index is 0.736. The molecule has 0 bridgehead atoms. The molecule has 0 atom stereocenters. The molecule has 0 radical (unpaired) electrons. The van der Waals surface area contributed by atoms with E-state index in [1.165, 1.54) is 67.4 Å². The van der Waals surface area contributed by atoms with E-state index in [2.05, 4.69) is 13.8 Å². The van der Waals surface area contributed by atoms with E-state index in [-0.39, 0.29) is 0 Å². The lowest BCUT2D eigenvalue weighted by Gasteiger charge is -2.13. The van der Waals surface area contributed by atoms with E-state index >= 15 is 0 Å². The zero-order valence-electron chi connectivity index (χ0n) is 20.9.